The second-order valence-corrected chi connectivity index (χ2v) is 7.04. The van der Waals surface area contributed by atoms with Crippen LogP contribution >= 0.6 is 0 Å². The third kappa shape index (κ3) is 4.48. The number of nitrogens with one attached hydrogen (secondary N) is 1. The maximum atomic E-state index is 12.6. The average molecular weight is 370 g/mol. The van der Waals surface area contributed by atoms with Crippen LogP contribution in [0.25, 0.3) is 0 Å². The number of aromatic nitrogens is 2. The van der Waals surface area contributed by atoms with Gasteiger partial charge in [-0.3, -0.25) is 14.2 Å². The van der Waals surface area contributed by atoms with Gasteiger partial charge in [-0.05, 0) is 37.8 Å². The van der Waals surface area contributed by atoms with Crippen LogP contribution in [-0.2, 0) is 11.3 Å². The van der Waals surface area contributed by atoms with Crippen molar-refractivity contribution in [1.82, 2.24) is 9.55 Å². The van der Waals surface area contributed by atoms with Gasteiger partial charge in [0.2, 0.25) is 11.9 Å². The number of anilines is 2. The smallest absolute Gasteiger partial charge is 0.255 e. The summed E-state index contributed by atoms with van der Waals surface area (Å²) in [4.78, 5) is 31.8. The molecule has 2 aromatic rings. The van der Waals surface area contributed by atoms with Crippen molar-refractivity contribution in [3.63, 3.8) is 0 Å². The molecule has 0 bridgehead atoms. The summed E-state index contributed by atoms with van der Waals surface area (Å²) in [7, 11) is 1.55. The Labute approximate surface area is 159 Å². The molecule has 1 aliphatic rings. The third-order valence-corrected chi connectivity index (χ3v) is 4.87. The number of nitrogens with zero attached hydrogens (tertiary/aromatic N) is 3. The van der Waals surface area contributed by atoms with E-state index in [1.165, 1.54) is 10.6 Å². The minimum absolute atomic E-state index is 0.0917. The highest BCUT2D eigenvalue weighted by Gasteiger charge is 2.22. The second kappa shape index (κ2) is 8.24. The summed E-state index contributed by atoms with van der Waals surface area (Å²) in [6, 6.07) is 8.65. The molecule has 1 aliphatic heterocycles. The number of benzene rings is 1. The van der Waals surface area contributed by atoms with Crippen LogP contribution in [0.1, 0.15) is 25.5 Å². The number of para-hydroxylation sites is 2. The third-order valence-electron chi connectivity index (χ3n) is 4.87. The number of hydrogen-bond donors (Lipinski definition) is 1. The molecule has 0 spiro atoms. The van der Waals surface area contributed by atoms with Crippen LogP contribution in [0.15, 0.2) is 35.1 Å². The van der Waals surface area contributed by atoms with E-state index in [9.17, 15) is 9.59 Å². The maximum Gasteiger partial charge on any atom is 0.255 e. The van der Waals surface area contributed by atoms with Gasteiger partial charge in [0, 0.05) is 24.8 Å². The lowest BCUT2D eigenvalue weighted by atomic mass is 10.00. The minimum Gasteiger partial charge on any atom is -0.495 e. The molecule has 1 N–H and O–H groups in total. The van der Waals surface area contributed by atoms with E-state index in [2.05, 4.69) is 22.1 Å². The molecule has 0 aliphatic carbocycles. The lowest BCUT2D eigenvalue weighted by Crippen LogP contribution is -2.39. The SMILES string of the molecule is COc1ccccc1NC(=O)Cn1c(N2CCC(C)CC2)nc(C)cc1=O. The van der Waals surface area contributed by atoms with Crippen molar-refractivity contribution in [3.05, 3.63) is 46.4 Å². The molecule has 1 aromatic heterocycles. The molecule has 0 atom stereocenters. The van der Waals surface area contributed by atoms with Gasteiger partial charge in [-0.25, -0.2) is 4.98 Å². The summed E-state index contributed by atoms with van der Waals surface area (Å²) in [6.45, 7) is 5.62. The van der Waals surface area contributed by atoms with Gasteiger partial charge in [0.25, 0.3) is 5.56 Å². The fourth-order valence-corrected chi connectivity index (χ4v) is 3.29. The Balaban J connectivity index is 1.83. The molecule has 1 fully saturated rings. The van der Waals surface area contributed by atoms with Gasteiger partial charge in [-0.15, -0.1) is 0 Å². The van der Waals surface area contributed by atoms with Crippen molar-refractivity contribution in [1.29, 1.82) is 0 Å². The van der Waals surface area contributed by atoms with E-state index in [1.807, 2.05) is 12.1 Å². The molecule has 3 rings (SSSR count). The zero-order valence-electron chi connectivity index (χ0n) is 16.1. The highest BCUT2D eigenvalue weighted by atomic mass is 16.5. The highest BCUT2D eigenvalue weighted by molar-refractivity contribution is 5.92. The van der Waals surface area contributed by atoms with E-state index in [1.54, 1.807) is 26.2 Å². The van der Waals surface area contributed by atoms with Crippen molar-refractivity contribution in [2.45, 2.75) is 33.2 Å². The maximum absolute atomic E-state index is 12.6. The average Bonchev–Trinajstić information content (AvgIpc) is 2.65. The predicted octanol–water partition coefficient (Wildman–Crippen LogP) is 2.44. The lowest BCUT2D eigenvalue weighted by molar-refractivity contribution is -0.116. The zero-order chi connectivity index (χ0) is 19.4. The molecule has 0 unspecified atom stereocenters. The second-order valence-electron chi connectivity index (χ2n) is 7.04. The molecule has 0 radical (unpaired) electrons. The Morgan fingerprint density at radius 2 is 2.00 bits per heavy atom. The van der Waals surface area contributed by atoms with Crippen molar-refractivity contribution < 1.29 is 9.53 Å². The number of amides is 1. The number of methoxy groups -OCH3 is 1. The molecule has 7 heteroatoms. The van der Waals surface area contributed by atoms with E-state index < -0.39 is 0 Å². The first-order valence-corrected chi connectivity index (χ1v) is 9.24. The molecule has 2 heterocycles. The Kier molecular flexibility index (Phi) is 5.78. The van der Waals surface area contributed by atoms with Gasteiger partial charge in [-0.2, -0.15) is 0 Å². The van der Waals surface area contributed by atoms with Gasteiger partial charge < -0.3 is 15.0 Å². The monoisotopic (exact) mass is 370 g/mol. The number of aryl methyl sites for hydroxylation is 1. The fraction of sp³-hybridized carbons (Fsp3) is 0.450. The topological polar surface area (TPSA) is 76.5 Å². The molecule has 1 amide bonds. The van der Waals surface area contributed by atoms with Crippen LogP contribution in [0, 0.1) is 12.8 Å². The van der Waals surface area contributed by atoms with Crippen LogP contribution in [0.5, 0.6) is 5.75 Å². The quantitative estimate of drug-likeness (QED) is 0.875. The van der Waals surface area contributed by atoms with Gasteiger partial charge in [-0.1, -0.05) is 19.1 Å². The highest BCUT2D eigenvalue weighted by Crippen LogP contribution is 2.24. The summed E-state index contributed by atoms with van der Waals surface area (Å²) >= 11 is 0. The standard InChI is InChI=1S/C20H26N4O3/c1-14-8-10-23(11-9-14)20-21-15(2)12-19(26)24(20)13-18(25)22-16-6-4-5-7-17(16)27-3/h4-7,12,14H,8-11,13H2,1-3H3,(H,22,25). The van der Waals surface area contributed by atoms with Crippen LogP contribution in [0.2, 0.25) is 0 Å². The molecule has 1 aromatic carbocycles. The first-order valence-electron chi connectivity index (χ1n) is 9.24. The number of piperidine rings is 1. The Hall–Kier alpha value is -2.83. The Morgan fingerprint density at radius 3 is 2.70 bits per heavy atom. The summed E-state index contributed by atoms with van der Waals surface area (Å²) in [5, 5.41) is 2.82. The molecular formula is C20H26N4O3. The van der Waals surface area contributed by atoms with Crippen LogP contribution < -0.4 is 20.5 Å². The number of ether oxygens (including phenoxy) is 1. The molecule has 27 heavy (non-hydrogen) atoms. The summed E-state index contributed by atoms with van der Waals surface area (Å²) < 4.78 is 6.71. The number of carbonyl (C=O) groups is 1. The Bertz CT molecular complexity index is 870. The largest absolute Gasteiger partial charge is 0.495 e. The minimum atomic E-state index is -0.293. The van der Waals surface area contributed by atoms with E-state index in [4.69, 9.17) is 4.74 Å². The van der Waals surface area contributed by atoms with Crippen LogP contribution in [-0.4, -0.2) is 35.7 Å². The number of rotatable bonds is 5. The summed E-state index contributed by atoms with van der Waals surface area (Å²) in [5.74, 6) is 1.52. The summed E-state index contributed by atoms with van der Waals surface area (Å²) in [5.41, 5.74) is 1.02. The molecule has 1 saturated heterocycles. The lowest BCUT2D eigenvalue weighted by Gasteiger charge is -2.32. The molecule has 144 valence electrons. The summed E-state index contributed by atoms with van der Waals surface area (Å²) in [6.07, 6.45) is 2.11. The number of hydrogen-bond acceptors (Lipinski definition) is 5. The van der Waals surface area contributed by atoms with Crippen molar-refractivity contribution in [2.75, 3.05) is 30.4 Å². The van der Waals surface area contributed by atoms with Crippen molar-refractivity contribution in [3.8, 4) is 5.75 Å². The normalized spacial score (nSPS) is 14.9. The van der Waals surface area contributed by atoms with E-state index in [0.717, 1.165) is 25.9 Å². The van der Waals surface area contributed by atoms with Gasteiger partial charge in [0.05, 0.1) is 12.8 Å². The number of carbonyl (C=O) groups excluding carboxylic acids is 1. The van der Waals surface area contributed by atoms with Gasteiger partial charge in [0.1, 0.15) is 12.3 Å². The van der Waals surface area contributed by atoms with Crippen molar-refractivity contribution in [2.24, 2.45) is 5.92 Å². The van der Waals surface area contributed by atoms with E-state index in [0.29, 0.717) is 29.0 Å². The van der Waals surface area contributed by atoms with E-state index in [-0.39, 0.29) is 18.0 Å². The first-order chi connectivity index (χ1) is 13.0. The first kappa shape index (κ1) is 18.9. The van der Waals surface area contributed by atoms with E-state index >= 15 is 0 Å². The van der Waals surface area contributed by atoms with Crippen LogP contribution in [0.3, 0.4) is 0 Å². The zero-order valence-corrected chi connectivity index (χ0v) is 16.1. The molecule has 7 nitrogen and oxygen atoms in total. The Morgan fingerprint density at radius 1 is 1.30 bits per heavy atom. The predicted molar refractivity (Wildman–Crippen MR) is 105 cm³/mol. The van der Waals surface area contributed by atoms with Crippen LogP contribution in [0.4, 0.5) is 11.6 Å². The van der Waals surface area contributed by atoms with Gasteiger partial charge in [0.15, 0.2) is 0 Å². The van der Waals surface area contributed by atoms with Gasteiger partial charge >= 0.3 is 0 Å². The van der Waals surface area contributed by atoms with Crippen molar-refractivity contribution >= 4 is 17.5 Å². The molecule has 0 saturated carbocycles. The fourth-order valence-electron chi connectivity index (χ4n) is 3.29. The molecular weight excluding hydrogens is 344 g/mol.